The van der Waals surface area contributed by atoms with Crippen molar-refractivity contribution < 1.29 is 27.7 Å². The van der Waals surface area contributed by atoms with Crippen LogP contribution < -0.4 is 14.4 Å². The Kier molecular flexibility index (Phi) is 10.9. The van der Waals surface area contributed by atoms with E-state index in [0.29, 0.717) is 16.3 Å². The van der Waals surface area contributed by atoms with Crippen molar-refractivity contribution in [3.8, 4) is 5.75 Å². The van der Waals surface area contributed by atoms with Gasteiger partial charge in [0.05, 0.1) is 32.7 Å². The predicted octanol–water partition coefficient (Wildman–Crippen LogP) is 5.75. The maximum Gasteiger partial charge on any atom is 0.273 e. The second-order valence-corrected chi connectivity index (χ2v) is 13.8. The summed E-state index contributed by atoms with van der Waals surface area (Å²) < 4.78 is 34.1. The largest absolute Gasteiger partial charge is 0.497 e. The highest BCUT2D eigenvalue weighted by Crippen LogP contribution is 2.30. The van der Waals surface area contributed by atoms with E-state index >= 15 is 0 Å². The number of hydrogen-bond acceptors (Lipinski definition) is 7. The molecule has 236 valence electrons. The number of nitrogens with one attached hydrogen (secondary N) is 1. The van der Waals surface area contributed by atoms with Crippen molar-refractivity contribution >= 4 is 56.4 Å². The fourth-order valence-electron chi connectivity index (χ4n) is 4.24. The molecular formula is C30H34Cl2N4O7S. The number of methoxy groups -OCH3 is 1. The molecule has 3 aromatic rings. The van der Waals surface area contributed by atoms with Crippen LogP contribution in [0.3, 0.4) is 0 Å². The van der Waals surface area contributed by atoms with Gasteiger partial charge in [-0.3, -0.25) is 24.0 Å². The molecule has 0 unspecified atom stereocenters. The van der Waals surface area contributed by atoms with Gasteiger partial charge in [0.1, 0.15) is 18.3 Å². The zero-order chi connectivity index (χ0) is 33.0. The van der Waals surface area contributed by atoms with Crippen LogP contribution in [0.5, 0.6) is 5.75 Å². The van der Waals surface area contributed by atoms with Gasteiger partial charge in [-0.1, -0.05) is 35.3 Å². The molecule has 0 heterocycles. The second kappa shape index (κ2) is 13.8. The Bertz CT molecular complexity index is 1660. The van der Waals surface area contributed by atoms with E-state index in [1.807, 2.05) is 0 Å². The summed E-state index contributed by atoms with van der Waals surface area (Å²) >= 11 is 12.3. The van der Waals surface area contributed by atoms with Gasteiger partial charge in [0, 0.05) is 23.7 Å². The summed E-state index contributed by atoms with van der Waals surface area (Å²) in [5.41, 5.74) is -0.0735. The summed E-state index contributed by atoms with van der Waals surface area (Å²) in [6.45, 7) is 7.58. The lowest BCUT2D eigenvalue weighted by Gasteiger charge is -2.33. The van der Waals surface area contributed by atoms with Gasteiger partial charge in [-0.05, 0) is 82.6 Å². The molecular weight excluding hydrogens is 631 g/mol. The smallest absolute Gasteiger partial charge is 0.273 e. The van der Waals surface area contributed by atoms with Crippen LogP contribution in [0.2, 0.25) is 10.0 Å². The quantitative estimate of drug-likeness (QED) is 0.203. The maximum atomic E-state index is 14.1. The third-order valence-corrected chi connectivity index (χ3v) is 9.12. The number of benzene rings is 3. The molecule has 0 saturated carbocycles. The zero-order valence-corrected chi connectivity index (χ0v) is 27.5. The van der Waals surface area contributed by atoms with E-state index in [2.05, 4.69) is 5.32 Å². The lowest BCUT2D eigenvalue weighted by molar-refractivity contribution is -0.385. The number of aryl methyl sites for hydroxylation is 1. The molecule has 3 aromatic carbocycles. The zero-order valence-electron chi connectivity index (χ0n) is 25.1. The molecule has 0 bridgehead atoms. The van der Waals surface area contributed by atoms with Crippen LogP contribution in [0.4, 0.5) is 11.4 Å². The van der Waals surface area contributed by atoms with Crippen molar-refractivity contribution in [3.05, 3.63) is 92.0 Å². The Morgan fingerprint density at radius 1 is 1.02 bits per heavy atom. The van der Waals surface area contributed by atoms with E-state index in [-0.39, 0.29) is 33.4 Å². The molecule has 0 aliphatic rings. The van der Waals surface area contributed by atoms with Gasteiger partial charge in [-0.2, -0.15) is 0 Å². The fraction of sp³-hybridized carbons (Fsp3) is 0.333. The molecule has 0 saturated heterocycles. The molecule has 3 rings (SSSR count). The number of ether oxygens (including phenoxy) is 1. The summed E-state index contributed by atoms with van der Waals surface area (Å²) in [6, 6.07) is 13.2. The molecule has 1 atom stereocenters. The number of carbonyl (C=O) groups is 2. The lowest BCUT2D eigenvalue weighted by atomic mass is 10.1. The minimum Gasteiger partial charge on any atom is -0.497 e. The van der Waals surface area contributed by atoms with Gasteiger partial charge < -0.3 is 15.0 Å². The van der Waals surface area contributed by atoms with Crippen molar-refractivity contribution in [3.63, 3.8) is 0 Å². The summed E-state index contributed by atoms with van der Waals surface area (Å²) in [4.78, 5) is 39.1. The Balaban J connectivity index is 2.11. The highest BCUT2D eigenvalue weighted by molar-refractivity contribution is 7.92. The van der Waals surface area contributed by atoms with Crippen LogP contribution in [0.25, 0.3) is 0 Å². The first-order chi connectivity index (χ1) is 20.4. The Hall–Kier alpha value is -3.87. The summed E-state index contributed by atoms with van der Waals surface area (Å²) in [6.07, 6.45) is 0. The lowest BCUT2D eigenvalue weighted by Crippen LogP contribution is -2.54. The minimum absolute atomic E-state index is 0.0963. The monoisotopic (exact) mass is 664 g/mol. The standard InChI is InChI=1S/C30H34Cl2N4O7S/c1-19-7-13-24(16-27(19)36(39)40)44(41,42)35(22-9-11-23(43-6)12-10-22)18-28(37)34(20(2)29(38)33-30(3,4)5)17-21-8-14-25(31)26(32)15-21/h7-16,20H,17-18H2,1-6H3,(H,33,38)/t20-/m0/s1. The third kappa shape index (κ3) is 8.40. The number of nitrogens with zero attached hydrogens (tertiary/aromatic N) is 3. The number of halogens is 2. The van der Waals surface area contributed by atoms with Gasteiger partial charge in [-0.25, -0.2) is 8.42 Å². The van der Waals surface area contributed by atoms with Crippen LogP contribution in [0, 0.1) is 17.0 Å². The van der Waals surface area contributed by atoms with Crippen molar-refractivity contribution in [2.75, 3.05) is 18.0 Å². The number of carbonyl (C=O) groups excluding carboxylic acids is 2. The highest BCUT2D eigenvalue weighted by atomic mass is 35.5. The summed E-state index contributed by atoms with van der Waals surface area (Å²) in [5, 5.41) is 15.0. The predicted molar refractivity (Wildman–Crippen MR) is 170 cm³/mol. The van der Waals surface area contributed by atoms with Crippen LogP contribution in [-0.4, -0.2) is 55.3 Å². The van der Waals surface area contributed by atoms with E-state index in [0.717, 1.165) is 10.4 Å². The topological polar surface area (TPSA) is 139 Å². The van der Waals surface area contributed by atoms with Crippen molar-refractivity contribution in [2.24, 2.45) is 0 Å². The van der Waals surface area contributed by atoms with Gasteiger partial charge in [-0.15, -0.1) is 0 Å². The average molecular weight is 666 g/mol. The average Bonchev–Trinajstić information content (AvgIpc) is 2.95. The molecule has 14 heteroatoms. The first-order valence-electron chi connectivity index (χ1n) is 13.4. The molecule has 1 N–H and O–H groups in total. The Morgan fingerprint density at radius 2 is 1.66 bits per heavy atom. The molecule has 0 aromatic heterocycles. The van der Waals surface area contributed by atoms with E-state index < -0.39 is 44.9 Å². The normalized spacial score (nSPS) is 12.3. The number of amides is 2. The summed E-state index contributed by atoms with van der Waals surface area (Å²) in [5.74, 6) is -0.732. The molecule has 0 aliphatic carbocycles. The van der Waals surface area contributed by atoms with Crippen molar-refractivity contribution in [1.29, 1.82) is 0 Å². The number of hydrogen-bond donors (Lipinski definition) is 1. The number of rotatable bonds is 11. The molecule has 0 fully saturated rings. The molecule has 11 nitrogen and oxygen atoms in total. The Labute approximate surface area is 266 Å². The number of nitro benzene ring substituents is 1. The van der Waals surface area contributed by atoms with Crippen molar-refractivity contribution in [2.45, 2.75) is 57.6 Å². The van der Waals surface area contributed by atoms with E-state index in [1.165, 1.54) is 62.3 Å². The van der Waals surface area contributed by atoms with Gasteiger partial charge >= 0.3 is 0 Å². The van der Waals surface area contributed by atoms with Crippen molar-refractivity contribution in [1.82, 2.24) is 10.2 Å². The van der Waals surface area contributed by atoms with Gasteiger partial charge in [0.15, 0.2) is 0 Å². The molecule has 0 aliphatic heterocycles. The number of nitro groups is 1. The first-order valence-corrected chi connectivity index (χ1v) is 15.6. The molecule has 0 radical (unpaired) electrons. The fourth-order valence-corrected chi connectivity index (χ4v) is 6.00. The molecule has 44 heavy (non-hydrogen) atoms. The van der Waals surface area contributed by atoms with Crippen LogP contribution in [-0.2, 0) is 26.2 Å². The van der Waals surface area contributed by atoms with Gasteiger partial charge in [0.2, 0.25) is 11.8 Å². The molecule has 2 amide bonds. The van der Waals surface area contributed by atoms with Crippen LogP contribution >= 0.6 is 23.2 Å². The number of anilines is 1. The number of sulfonamides is 1. The Morgan fingerprint density at radius 3 is 2.20 bits per heavy atom. The van der Waals surface area contributed by atoms with E-state index in [1.54, 1.807) is 39.0 Å². The van der Waals surface area contributed by atoms with Gasteiger partial charge in [0.25, 0.3) is 15.7 Å². The maximum absolute atomic E-state index is 14.1. The molecule has 0 spiro atoms. The third-order valence-electron chi connectivity index (χ3n) is 6.61. The van der Waals surface area contributed by atoms with E-state index in [9.17, 15) is 28.1 Å². The van der Waals surface area contributed by atoms with Crippen LogP contribution in [0.1, 0.15) is 38.8 Å². The first kappa shape index (κ1) is 34.6. The summed E-state index contributed by atoms with van der Waals surface area (Å²) in [7, 11) is -3.09. The minimum atomic E-state index is -4.53. The SMILES string of the molecule is COc1ccc(N(CC(=O)N(Cc2ccc(Cl)c(Cl)c2)[C@@H](C)C(=O)NC(C)(C)C)S(=O)(=O)c2ccc(C)c([N+](=O)[O-])c2)cc1. The van der Waals surface area contributed by atoms with Crippen LogP contribution in [0.15, 0.2) is 65.6 Å². The highest BCUT2D eigenvalue weighted by Gasteiger charge is 2.34. The van der Waals surface area contributed by atoms with E-state index in [4.69, 9.17) is 27.9 Å². The second-order valence-electron chi connectivity index (χ2n) is 11.1.